The molecule has 1 atom stereocenters. The zero-order chi connectivity index (χ0) is 26.6. The van der Waals surface area contributed by atoms with Crippen LogP contribution in [0.25, 0.3) is 16.5 Å². The molecular formula is C29H30N4O5. The van der Waals surface area contributed by atoms with Crippen LogP contribution in [0.15, 0.2) is 82.5 Å². The third-order valence-corrected chi connectivity index (χ3v) is 6.97. The van der Waals surface area contributed by atoms with E-state index in [0.717, 1.165) is 53.1 Å². The number of ether oxygens (including phenoxy) is 1. The standard InChI is InChI=1S/C29H30N4O5/c1-31-13-12-27(34)33(29(31)37)26-7-3-5-23-21(4-2-6-24(23)26)18-25(28(35)36)30-19-20-8-10-22(11-9-20)32-14-16-38-17-15-32/h2-13,25,30H,14-19H2,1H3,(H,35,36)/t25-/m0/s1. The molecule has 196 valence electrons. The van der Waals surface area contributed by atoms with Gasteiger partial charge in [0, 0.05) is 50.0 Å². The fourth-order valence-electron chi connectivity index (χ4n) is 4.87. The van der Waals surface area contributed by atoms with Crippen molar-refractivity contribution in [2.75, 3.05) is 31.2 Å². The number of carboxylic acids is 1. The summed E-state index contributed by atoms with van der Waals surface area (Å²) < 4.78 is 7.90. The van der Waals surface area contributed by atoms with E-state index >= 15 is 0 Å². The van der Waals surface area contributed by atoms with Crippen LogP contribution in [0.4, 0.5) is 5.69 Å². The summed E-state index contributed by atoms with van der Waals surface area (Å²) >= 11 is 0. The van der Waals surface area contributed by atoms with Crippen LogP contribution in [0.1, 0.15) is 11.1 Å². The largest absolute Gasteiger partial charge is 0.480 e. The predicted molar refractivity (Wildman–Crippen MR) is 146 cm³/mol. The Kier molecular flexibility index (Phi) is 7.39. The summed E-state index contributed by atoms with van der Waals surface area (Å²) in [6.07, 6.45) is 1.68. The van der Waals surface area contributed by atoms with Gasteiger partial charge in [-0.3, -0.25) is 9.59 Å². The van der Waals surface area contributed by atoms with Crippen LogP contribution in [0.3, 0.4) is 0 Å². The molecule has 0 aliphatic carbocycles. The molecule has 2 heterocycles. The second kappa shape index (κ2) is 11.0. The molecule has 1 saturated heterocycles. The lowest BCUT2D eigenvalue weighted by Crippen LogP contribution is -2.38. The summed E-state index contributed by atoms with van der Waals surface area (Å²) in [6.45, 7) is 3.57. The summed E-state index contributed by atoms with van der Waals surface area (Å²) in [5.41, 5.74) is 2.54. The number of nitrogens with one attached hydrogen (secondary N) is 1. The third-order valence-electron chi connectivity index (χ3n) is 6.97. The van der Waals surface area contributed by atoms with Crippen LogP contribution >= 0.6 is 0 Å². The van der Waals surface area contributed by atoms with Crippen LogP contribution in [0.5, 0.6) is 0 Å². The number of hydrogen-bond acceptors (Lipinski definition) is 6. The quantitative estimate of drug-likeness (QED) is 0.372. The van der Waals surface area contributed by atoms with Crippen molar-refractivity contribution in [3.05, 3.63) is 105 Å². The first-order valence-electron chi connectivity index (χ1n) is 12.6. The number of carboxylic acid groups (broad SMARTS) is 1. The van der Waals surface area contributed by atoms with Crippen molar-refractivity contribution in [2.24, 2.45) is 7.05 Å². The van der Waals surface area contributed by atoms with E-state index in [1.54, 1.807) is 19.2 Å². The second-order valence-electron chi connectivity index (χ2n) is 9.41. The van der Waals surface area contributed by atoms with Gasteiger partial charge in [0.15, 0.2) is 0 Å². The monoisotopic (exact) mass is 514 g/mol. The van der Waals surface area contributed by atoms with Gasteiger partial charge in [-0.15, -0.1) is 0 Å². The van der Waals surface area contributed by atoms with Gasteiger partial charge in [-0.2, -0.15) is 0 Å². The highest BCUT2D eigenvalue weighted by Crippen LogP contribution is 2.25. The maximum absolute atomic E-state index is 12.7. The summed E-state index contributed by atoms with van der Waals surface area (Å²) in [5.74, 6) is -0.948. The SMILES string of the molecule is Cn1ccc(=O)n(-c2cccc3c(C[C@H](NCc4ccc(N5CCOCC5)cc4)C(=O)O)cccc23)c1=O. The number of rotatable bonds is 8. The molecule has 0 unspecified atom stereocenters. The highest BCUT2D eigenvalue weighted by atomic mass is 16.5. The van der Waals surface area contributed by atoms with E-state index in [1.165, 1.54) is 16.8 Å². The molecule has 0 spiro atoms. The Hall–Kier alpha value is -4.21. The van der Waals surface area contributed by atoms with E-state index in [9.17, 15) is 19.5 Å². The number of carbonyl (C=O) groups is 1. The number of aryl methyl sites for hydroxylation is 1. The van der Waals surface area contributed by atoms with Crippen molar-refractivity contribution >= 4 is 22.4 Å². The first-order chi connectivity index (χ1) is 18.4. The summed E-state index contributed by atoms with van der Waals surface area (Å²) in [4.78, 5) is 39.8. The Labute approximate surface area is 219 Å². The van der Waals surface area contributed by atoms with Gasteiger partial charge in [0.05, 0.1) is 18.9 Å². The molecule has 1 fully saturated rings. The molecule has 4 aromatic rings. The second-order valence-corrected chi connectivity index (χ2v) is 9.41. The average Bonchev–Trinajstić information content (AvgIpc) is 2.94. The average molecular weight is 515 g/mol. The Balaban J connectivity index is 1.37. The van der Waals surface area contributed by atoms with Gasteiger partial charge in [0.2, 0.25) is 0 Å². The minimum Gasteiger partial charge on any atom is -0.480 e. The van der Waals surface area contributed by atoms with Crippen molar-refractivity contribution in [1.82, 2.24) is 14.5 Å². The van der Waals surface area contributed by atoms with Gasteiger partial charge >= 0.3 is 11.7 Å². The lowest BCUT2D eigenvalue weighted by molar-refractivity contribution is -0.139. The van der Waals surface area contributed by atoms with Crippen LogP contribution in [-0.2, 0) is 29.5 Å². The van der Waals surface area contributed by atoms with Crippen LogP contribution < -0.4 is 21.5 Å². The Morgan fingerprint density at radius 2 is 1.68 bits per heavy atom. The summed E-state index contributed by atoms with van der Waals surface area (Å²) in [6, 6.07) is 19.6. The number of anilines is 1. The Morgan fingerprint density at radius 1 is 0.974 bits per heavy atom. The van der Waals surface area contributed by atoms with Gasteiger partial charge in [-0.05, 0) is 41.1 Å². The van der Waals surface area contributed by atoms with E-state index in [-0.39, 0.29) is 6.42 Å². The minimum absolute atomic E-state index is 0.240. The van der Waals surface area contributed by atoms with Gasteiger partial charge in [0.1, 0.15) is 6.04 Å². The molecule has 0 bridgehead atoms. The summed E-state index contributed by atoms with van der Waals surface area (Å²) in [5, 5.41) is 14.6. The molecule has 0 saturated carbocycles. The molecule has 5 rings (SSSR count). The maximum Gasteiger partial charge on any atom is 0.335 e. The molecule has 38 heavy (non-hydrogen) atoms. The molecule has 2 N–H and O–H groups in total. The predicted octanol–water partition coefficient (Wildman–Crippen LogP) is 2.31. The van der Waals surface area contributed by atoms with Crippen molar-refractivity contribution < 1.29 is 14.6 Å². The fraction of sp³-hybridized carbons (Fsp3) is 0.276. The zero-order valence-corrected chi connectivity index (χ0v) is 21.2. The Morgan fingerprint density at radius 3 is 2.42 bits per heavy atom. The van der Waals surface area contributed by atoms with E-state index < -0.39 is 23.3 Å². The number of aliphatic carboxylic acids is 1. The van der Waals surface area contributed by atoms with E-state index in [4.69, 9.17) is 4.74 Å². The van der Waals surface area contributed by atoms with Gasteiger partial charge in [0.25, 0.3) is 5.56 Å². The van der Waals surface area contributed by atoms with E-state index in [1.807, 2.05) is 36.4 Å². The van der Waals surface area contributed by atoms with Gasteiger partial charge < -0.3 is 24.6 Å². The van der Waals surface area contributed by atoms with Crippen molar-refractivity contribution in [1.29, 1.82) is 0 Å². The molecule has 0 radical (unpaired) electrons. The number of fused-ring (bicyclic) bond motifs is 1. The minimum atomic E-state index is -0.948. The first-order valence-corrected chi connectivity index (χ1v) is 12.6. The topological polar surface area (TPSA) is 106 Å². The first kappa shape index (κ1) is 25.4. The van der Waals surface area contributed by atoms with Crippen LogP contribution in [0, 0.1) is 0 Å². The van der Waals surface area contributed by atoms with Crippen molar-refractivity contribution in [3.8, 4) is 5.69 Å². The lowest BCUT2D eigenvalue weighted by atomic mass is 9.97. The van der Waals surface area contributed by atoms with Gasteiger partial charge in [-0.25, -0.2) is 9.36 Å². The molecular weight excluding hydrogens is 484 g/mol. The Bertz CT molecular complexity index is 1570. The highest BCUT2D eigenvalue weighted by molar-refractivity contribution is 5.93. The number of benzene rings is 3. The summed E-state index contributed by atoms with van der Waals surface area (Å²) in [7, 11) is 1.59. The highest BCUT2D eigenvalue weighted by Gasteiger charge is 2.20. The van der Waals surface area contributed by atoms with Crippen molar-refractivity contribution in [2.45, 2.75) is 19.0 Å². The molecule has 3 aromatic carbocycles. The normalized spacial score (nSPS) is 14.5. The smallest absolute Gasteiger partial charge is 0.335 e. The fourth-order valence-corrected chi connectivity index (χ4v) is 4.87. The number of nitrogens with zero attached hydrogens (tertiary/aromatic N) is 3. The maximum atomic E-state index is 12.7. The molecule has 9 nitrogen and oxygen atoms in total. The molecule has 1 aromatic heterocycles. The molecule has 0 amide bonds. The van der Waals surface area contributed by atoms with E-state index in [0.29, 0.717) is 17.6 Å². The lowest BCUT2D eigenvalue weighted by Gasteiger charge is -2.29. The molecule has 1 aliphatic heterocycles. The van der Waals surface area contributed by atoms with Crippen LogP contribution in [0.2, 0.25) is 0 Å². The van der Waals surface area contributed by atoms with Gasteiger partial charge in [-0.1, -0.05) is 42.5 Å². The molecule has 9 heteroatoms. The number of aromatic nitrogens is 2. The molecule has 1 aliphatic rings. The van der Waals surface area contributed by atoms with E-state index in [2.05, 4.69) is 22.3 Å². The number of morpholine rings is 1. The number of hydrogen-bond donors (Lipinski definition) is 2. The van der Waals surface area contributed by atoms with Crippen LogP contribution in [-0.4, -0.2) is 52.6 Å². The zero-order valence-electron chi connectivity index (χ0n) is 21.2. The van der Waals surface area contributed by atoms with Crippen molar-refractivity contribution in [3.63, 3.8) is 0 Å². The third kappa shape index (κ3) is 5.25.